The molecule has 30 heteroatoms. The van der Waals surface area contributed by atoms with Gasteiger partial charge < -0.3 is 45.5 Å². The smallest absolute Gasteiger partial charge is 0.268 e. The Morgan fingerprint density at radius 3 is 1.82 bits per heavy atom. The van der Waals surface area contributed by atoms with Crippen LogP contribution < -0.4 is 48.6 Å². The summed E-state index contributed by atoms with van der Waals surface area (Å²) in [5.74, 6) is 5.02. The van der Waals surface area contributed by atoms with Crippen LogP contribution in [-0.4, -0.2) is 139 Å². The van der Waals surface area contributed by atoms with Crippen LogP contribution in [0, 0.1) is 12.3 Å². The van der Waals surface area contributed by atoms with Gasteiger partial charge in [0.15, 0.2) is 0 Å². The van der Waals surface area contributed by atoms with Gasteiger partial charge in [-0.05, 0) is 184 Å². The number of methoxy groups -OCH3 is 1. The number of nitrogens with one attached hydrogen (secondary N) is 6. The van der Waals surface area contributed by atoms with Crippen molar-refractivity contribution in [2.45, 2.75) is 105 Å². The van der Waals surface area contributed by atoms with E-state index in [-0.39, 0.29) is 70.5 Å². The fraction of sp³-hybridized carbons (Fsp3) is 0.312. The zero-order valence-electron chi connectivity index (χ0n) is 61.2. The highest BCUT2D eigenvalue weighted by Crippen LogP contribution is 2.40. The van der Waals surface area contributed by atoms with Crippen LogP contribution in [0.1, 0.15) is 115 Å². The number of aromatic nitrogens is 10. The zero-order valence-corrected chi connectivity index (χ0v) is 63.6. The Morgan fingerprint density at radius 2 is 1.23 bits per heavy atom. The van der Waals surface area contributed by atoms with E-state index in [0.29, 0.717) is 84.9 Å². The molecule has 2 atom stereocenters. The Labute approximate surface area is 637 Å². The van der Waals surface area contributed by atoms with Gasteiger partial charge >= 0.3 is 0 Å². The van der Waals surface area contributed by atoms with Gasteiger partial charge in [-0.2, -0.15) is 15.0 Å². The maximum atomic E-state index is 13.7. The normalized spacial score (nSPS) is 15.7. The summed E-state index contributed by atoms with van der Waals surface area (Å²) in [6, 6.07) is 37.8. The molecular weight excluding hydrogens is 1460 g/mol. The molecule has 1 saturated carbocycles. The Balaban J connectivity index is 0.000000138. The van der Waals surface area contributed by atoms with E-state index in [1.54, 1.807) is 55.0 Å². The van der Waals surface area contributed by atoms with Crippen molar-refractivity contribution < 1.29 is 34.6 Å². The minimum absolute atomic E-state index is 0.00926. The molecule has 3 aliphatic heterocycles. The summed E-state index contributed by atoms with van der Waals surface area (Å²) in [5.41, 5.74) is 9.86. The van der Waals surface area contributed by atoms with Gasteiger partial charge in [-0.1, -0.05) is 62.2 Å². The molecule has 27 nitrogen and oxygen atoms in total. The number of furan rings is 2. The van der Waals surface area contributed by atoms with E-state index in [2.05, 4.69) is 105 Å². The zero-order chi connectivity index (χ0) is 76.6. The first-order valence-corrected chi connectivity index (χ1v) is 41.2. The molecule has 110 heavy (non-hydrogen) atoms. The minimum atomic E-state index is -3.73. The molecule has 9 aromatic heterocycles. The highest BCUT2D eigenvalue weighted by molar-refractivity contribution is 7.91. The molecule has 0 radical (unpaired) electrons. The quantitative estimate of drug-likeness (QED) is 0.0324. The fourth-order valence-electron chi connectivity index (χ4n) is 13.8. The van der Waals surface area contributed by atoms with Crippen molar-refractivity contribution in [1.82, 2.24) is 63.5 Å². The summed E-state index contributed by atoms with van der Waals surface area (Å²) in [4.78, 5) is 67.4. The summed E-state index contributed by atoms with van der Waals surface area (Å²) >= 11 is 0. The lowest BCUT2D eigenvalue weighted by atomic mass is 9.90. The lowest BCUT2D eigenvalue weighted by Gasteiger charge is -2.23. The van der Waals surface area contributed by atoms with Crippen molar-refractivity contribution in [3.8, 4) is 12.3 Å². The molecule has 3 fully saturated rings. The predicted molar refractivity (Wildman–Crippen MR) is 426 cm³/mol. The van der Waals surface area contributed by atoms with Gasteiger partial charge in [0.25, 0.3) is 16.7 Å². The van der Waals surface area contributed by atoms with Gasteiger partial charge in [-0.25, -0.2) is 35.8 Å². The lowest BCUT2D eigenvalue weighted by molar-refractivity contribution is 0.216. The summed E-state index contributed by atoms with van der Waals surface area (Å²) in [6.45, 7) is 9.90. The number of fused-ring (bicyclic) bond motifs is 3. The van der Waals surface area contributed by atoms with Crippen LogP contribution in [0.25, 0.3) is 38.7 Å². The largest absolute Gasteiger partial charge is 0.466 e. The third-order valence-electron chi connectivity index (χ3n) is 19.8. The van der Waals surface area contributed by atoms with Gasteiger partial charge in [0.1, 0.15) is 22.7 Å². The third kappa shape index (κ3) is 17.5. The molecule has 0 bridgehead atoms. The van der Waals surface area contributed by atoms with E-state index in [4.69, 9.17) is 25.0 Å². The number of sulfone groups is 1. The number of terminal acetylenes is 1. The molecule has 0 amide bonds. The van der Waals surface area contributed by atoms with E-state index in [0.717, 1.165) is 106 Å². The van der Waals surface area contributed by atoms with Crippen LogP contribution >= 0.6 is 0 Å². The number of hydrogen-bond acceptors (Lipinski definition) is 23. The van der Waals surface area contributed by atoms with E-state index < -0.39 is 30.7 Å². The van der Waals surface area contributed by atoms with Crippen molar-refractivity contribution in [1.29, 1.82) is 0 Å². The predicted octanol–water partition coefficient (Wildman–Crippen LogP) is 10.3. The molecule has 568 valence electrons. The number of hydrogen-bond donors (Lipinski definition) is 6. The molecule has 0 spiro atoms. The molecule has 12 heterocycles. The van der Waals surface area contributed by atoms with E-state index in [1.807, 2.05) is 56.3 Å². The molecule has 2 unspecified atom stereocenters. The van der Waals surface area contributed by atoms with Crippen molar-refractivity contribution in [2.24, 2.45) is 0 Å². The number of anilines is 6. The van der Waals surface area contributed by atoms with Crippen LogP contribution in [0.5, 0.6) is 0 Å². The van der Waals surface area contributed by atoms with Crippen LogP contribution in [0.3, 0.4) is 0 Å². The second kappa shape index (κ2) is 33.4. The second-order valence-electron chi connectivity index (χ2n) is 27.8. The minimum Gasteiger partial charge on any atom is -0.466 e. The molecule has 6 N–H and O–H groups in total. The fourth-order valence-corrected chi connectivity index (χ4v) is 17.0. The summed E-state index contributed by atoms with van der Waals surface area (Å²) in [6.07, 6.45) is 24.5. The lowest BCUT2D eigenvalue weighted by Crippen LogP contribution is -2.26. The van der Waals surface area contributed by atoms with Crippen molar-refractivity contribution in [2.75, 3.05) is 80.9 Å². The maximum Gasteiger partial charge on any atom is 0.268 e. The van der Waals surface area contributed by atoms with E-state index >= 15 is 0 Å². The number of benzene rings is 3. The van der Waals surface area contributed by atoms with Gasteiger partial charge in [-0.3, -0.25) is 32.3 Å². The maximum absolute atomic E-state index is 13.7. The van der Waals surface area contributed by atoms with Gasteiger partial charge in [0.2, 0.25) is 42.8 Å². The Hall–Kier alpha value is -11.0. The van der Waals surface area contributed by atoms with Crippen LogP contribution in [0.4, 0.5) is 34.9 Å². The number of ether oxygens (including phenoxy) is 1. The van der Waals surface area contributed by atoms with Gasteiger partial charge in [-0.15, -0.1) is 6.42 Å². The van der Waals surface area contributed by atoms with Crippen molar-refractivity contribution in [3.63, 3.8) is 0 Å². The molecule has 4 aliphatic rings. The first-order valence-electron chi connectivity index (χ1n) is 36.4. The van der Waals surface area contributed by atoms with E-state index in [9.17, 15) is 35.4 Å². The number of rotatable bonds is 23. The molecule has 2 saturated heterocycles. The molecule has 3 aromatic carbocycles. The first-order chi connectivity index (χ1) is 53.2. The number of piperidine rings is 1. The van der Waals surface area contributed by atoms with Crippen LogP contribution in [-0.2, 0) is 55.0 Å². The molecular formula is C80H84N16O11S3. The number of nitrogens with zero attached hydrogens (tertiary/aromatic N) is 10. The van der Waals surface area contributed by atoms with E-state index in [1.165, 1.54) is 71.8 Å². The van der Waals surface area contributed by atoms with Gasteiger partial charge in [0.05, 0.1) is 77.7 Å². The summed E-state index contributed by atoms with van der Waals surface area (Å²) in [5, 5.41) is 21.6. The first kappa shape index (κ1) is 75.8. The SMILES string of the molecule is C#Cc1cc2cnc(Nc3ccc(C4=CCNCC4)cc3)nc2n(Cc2occc2S(=O)C(C)C)c1=O.COCCS(=O)(=O)c1occc1Cn1c(=O)c(C2CC2)cc2cnc(Nc3ccc(C4CCNCC4)cc3)nc21.CS(=O)(=O)n1cccc1Cn1c(=O)ccc2cnc(Nc3ccc(C4CCNC4)cc3)nc21. The average Bonchev–Trinajstić information content (AvgIpc) is 1.68. The average molecular weight is 1540 g/mol. The molecule has 16 rings (SSSR count). The Bertz CT molecular complexity index is 5890. The second-order valence-corrected chi connectivity index (χ2v) is 33.6. The van der Waals surface area contributed by atoms with Crippen LogP contribution in [0.15, 0.2) is 198 Å². The topological polar surface area (TPSA) is 341 Å². The highest BCUT2D eigenvalue weighted by Gasteiger charge is 2.31. The summed E-state index contributed by atoms with van der Waals surface area (Å²) < 4.78 is 84.2. The monoisotopic (exact) mass is 1540 g/mol. The standard InChI is InChI=1S/C29H33N5O5S.C28H27N5O3S.C23H24N6O3S/c1-38-14-15-40(36,37)28-22(10-13-39-28)18-34-26-23(16-25(27(34)35)21-2-3-21)17-31-29(33-26)32-24-6-4-19(5-7-24)20-8-11-30-12-9-20;1-4-19-15-22-16-30-28(31-23-7-5-20(6-8-23)21-9-12-29-13-10-21)32-26(22)33(27(19)34)17-24-25(11-14-36-24)37(35)18(2)3;1-33(31,32)29-12-2-3-20(29)15-28-21(30)9-6-18-14-25-23(27-22(18)28)26-19-7-4-16(5-8-19)17-10-11-24-13-17/h4-7,10,13,16-17,20-21,30H,2-3,8-9,11-12,14-15,18H2,1H3,(H,31,32,33);1,5-9,11,14-16,18,29H,10,12-13,17H2,2-3H3,(H,30,31,32);2-9,12,14,17,24H,10-11,13,15H2,1H3,(H,25,26,27). The van der Waals surface area contributed by atoms with Gasteiger partial charge in [0, 0.05) is 101 Å². The number of pyridine rings is 3. The third-order valence-corrected chi connectivity index (χ3v) is 24.2. The Morgan fingerprint density at radius 1 is 0.636 bits per heavy atom. The van der Waals surface area contributed by atoms with Crippen LogP contribution in [0.2, 0.25) is 0 Å². The molecule has 1 aliphatic carbocycles. The summed E-state index contributed by atoms with van der Waals surface area (Å²) in [7, 11) is -7.04. The van der Waals surface area contributed by atoms with Crippen molar-refractivity contribution >= 4 is 104 Å². The molecule has 12 aromatic rings. The Kier molecular flexibility index (Phi) is 23.0. The highest BCUT2D eigenvalue weighted by atomic mass is 32.2. The van der Waals surface area contributed by atoms with Crippen molar-refractivity contribution in [3.05, 3.63) is 241 Å².